The molecule has 0 saturated heterocycles. The fourth-order valence-corrected chi connectivity index (χ4v) is 1.09. The molecule has 0 heterocycles. The van der Waals surface area contributed by atoms with Crippen molar-refractivity contribution in [1.82, 2.24) is 0 Å². The molecule has 0 bridgehead atoms. The minimum absolute atomic E-state index is 0.671. The maximum absolute atomic E-state index is 10.2. The maximum Gasteiger partial charge on any atom is 0.313 e. The molecule has 6 heteroatoms. The van der Waals surface area contributed by atoms with Crippen molar-refractivity contribution in [2.75, 3.05) is 6.16 Å². The molecule has 0 aliphatic rings. The average molecular weight is 177 g/mol. The van der Waals surface area contributed by atoms with Crippen molar-refractivity contribution in [3.63, 3.8) is 0 Å². The monoisotopic (exact) mass is 176 g/mol. The molecule has 0 aromatic rings. The van der Waals surface area contributed by atoms with E-state index < -0.39 is 18.0 Å². The summed E-state index contributed by atoms with van der Waals surface area (Å²) in [4.78, 5) is 9.67. The van der Waals surface area contributed by atoms with Gasteiger partial charge in [-0.15, -0.1) is 0 Å². The van der Waals surface area contributed by atoms with Crippen LogP contribution in [0, 0.1) is 0 Å². The van der Waals surface area contributed by atoms with Crippen LogP contribution in [-0.2, 0) is 9.36 Å². The first-order valence-electron chi connectivity index (χ1n) is 1.62. The van der Waals surface area contributed by atoms with Gasteiger partial charge in [0, 0.05) is 0 Å². The van der Waals surface area contributed by atoms with Gasteiger partial charge in [0.15, 0.2) is 0 Å². The first kappa shape index (κ1) is 8.28. The average Bonchev–Trinajstić information content (AvgIpc) is 1.21. The van der Waals surface area contributed by atoms with E-state index in [2.05, 4.69) is 0 Å². The molecule has 3 nitrogen and oxygen atoms in total. The predicted molar refractivity (Wildman–Crippen MR) is 31.8 cm³/mol. The van der Waals surface area contributed by atoms with E-state index in [0.29, 0.717) is 0 Å². The molecule has 0 atom stereocenters. The molecule has 0 aromatic heterocycles. The largest absolute Gasteiger partial charge is 0.481 e. The molecular formula is C2H3Cl2O3P. The highest BCUT2D eigenvalue weighted by Gasteiger charge is 2.17. The summed E-state index contributed by atoms with van der Waals surface area (Å²) in [6.07, 6.45) is -0.671. The zero-order valence-corrected chi connectivity index (χ0v) is 6.08. The van der Waals surface area contributed by atoms with E-state index >= 15 is 0 Å². The highest BCUT2D eigenvalue weighted by atomic mass is 35.9. The summed E-state index contributed by atoms with van der Waals surface area (Å²) in [7, 11) is 0. The molecule has 0 aliphatic heterocycles. The van der Waals surface area contributed by atoms with Gasteiger partial charge in [0.1, 0.15) is 6.16 Å². The van der Waals surface area contributed by atoms with Crippen molar-refractivity contribution in [2.24, 2.45) is 0 Å². The topological polar surface area (TPSA) is 54.4 Å². The summed E-state index contributed by atoms with van der Waals surface area (Å²) in [5.74, 6) is -4.63. The maximum atomic E-state index is 10.2. The van der Waals surface area contributed by atoms with Crippen molar-refractivity contribution in [1.29, 1.82) is 0 Å². The molecular weight excluding hydrogens is 174 g/mol. The minimum atomic E-state index is -3.38. The lowest BCUT2D eigenvalue weighted by Gasteiger charge is -1.92. The fraction of sp³-hybridized carbons (Fsp3) is 0.500. The molecule has 0 spiro atoms. The van der Waals surface area contributed by atoms with Gasteiger partial charge in [-0.05, 0) is 22.5 Å². The number of rotatable bonds is 2. The van der Waals surface area contributed by atoms with E-state index in [1.807, 2.05) is 0 Å². The lowest BCUT2D eigenvalue weighted by Crippen LogP contribution is -1.97. The van der Waals surface area contributed by atoms with Crippen molar-refractivity contribution >= 4 is 34.3 Å². The van der Waals surface area contributed by atoms with Gasteiger partial charge in [-0.2, -0.15) is 0 Å². The van der Waals surface area contributed by atoms with Crippen molar-refractivity contribution in [3.05, 3.63) is 0 Å². The van der Waals surface area contributed by atoms with Crippen LogP contribution in [0.15, 0.2) is 0 Å². The van der Waals surface area contributed by atoms with Gasteiger partial charge < -0.3 is 5.11 Å². The Bertz CT molecular complexity index is 138. The molecule has 0 fully saturated rings. The van der Waals surface area contributed by atoms with Crippen LogP contribution in [0.5, 0.6) is 0 Å². The van der Waals surface area contributed by atoms with Crippen LogP contribution in [0.25, 0.3) is 0 Å². The van der Waals surface area contributed by atoms with Crippen LogP contribution >= 0.6 is 28.3 Å². The van der Waals surface area contributed by atoms with Crippen LogP contribution in [-0.4, -0.2) is 17.2 Å². The Morgan fingerprint density at radius 1 is 1.62 bits per heavy atom. The number of aliphatic carboxylic acids is 1. The lowest BCUT2D eigenvalue weighted by molar-refractivity contribution is -0.134. The van der Waals surface area contributed by atoms with E-state index in [9.17, 15) is 9.36 Å². The molecule has 8 heavy (non-hydrogen) atoms. The molecule has 0 aromatic carbocycles. The number of carboxylic acids is 1. The highest BCUT2D eigenvalue weighted by Crippen LogP contribution is 2.55. The molecule has 48 valence electrons. The summed E-state index contributed by atoms with van der Waals surface area (Å²) >= 11 is 9.74. The van der Waals surface area contributed by atoms with E-state index in [0.717, 1.165) is 0 Å². The van der Waals surface area contributed by atoms with Gasteiger partial charge in [-0.3, -0.25) is 9.36 Å². The van der Waals surface area contributed by atoms with Crippen molar-refractivity contribution in [2.45, 2.75) is 0 Å². The minimum Gasteiger partial charge on any atom is -0.481 e. The summed E-state index contributed by atoms with van der Waals surface area (Å²) in [5.41, 5.74) is 0. The Morgan fingerprint density at radius 3 is 2.00 bits per heavy atom. The Labute approximate surface area is 55.5 Å². The molecule has 0 radical (unpaired) electrons. The van der Waals surface area contributed by atoms with E-state index in [1.54, 1.807) is 0 Å². The van der Waals surface area contributed by atoms with Crippen molar-refractivity contribution in [3.8, 4) is 0 Å². The van der Waals surface area contributed by atoms with E-state index in [1.165, 1.54) is 0 Å². The zero-order valence-electron chi connectivity index (χ0n) is 3.67. The summed E-state index contributed by atoms with van der Waals surface area (Å²) in [6, 6.07) is 0. The number of halogens is 2. The molecule has 1 N–H and O–H groups in total. The summed E-state index contributed by atoms with van der Waals surface area (Å²) in [6.45, 7) is 0. The third kappa shape index (κ3) is 6.28. The number of carbonyl (C=O) groups is 1. The van der Waals surface area contributed by atoms with Crippen molar-refractivity contribution < 1.29 is 14.5 Å². The van der Waals surface area contributed by atoms with Gasteiger partial charge in [0.2, 0.25) is 0 Å². The van der Waals surface area contributed by atoms with E-state index in [-0.39, 0.29) is 0 Å². The molecule has 0 unspecified atom stereocenters. The fourth-order valence-electron chi connectivity index (χ4n) is 0.157. The SMILES string of the molecule is O=C(O)CP(=O)(Cl)Cl. The normalized spacial score (nSPS) is 11.2. The smallest absolute Gasteiger partial charge is 0.313 e. The highest BCUT2D eigenvalue weighted by molar-refractivity contribution is 8.09. The third-order valence-electron chi connectivity index (χ3n) is 0.319. The molecule has 0 rings (SSSR count). The van der Waals surface area contributed by atoms with Gasteiger partial charge in [-0.1, -0.05) is 0 Å². The standard InChI is InChI=1S/C2H3Cl2O3P/c3-8(4,7)1-2(5)6/h1H2,(H,5,6). The first-order valence-corrected chi connectivity index (χ1v) is 5.32. The Morgan fingerprint density at radius 2 is 2.00 bits per heavy atom. The summed E-state index contributed by atoms with van der Waals surface area (Å²) in [5, 5.41) is 7.91. The molecule has 0 saturated carbocycles. The van der Waals surface area contributed by atoms with Crippen LogP contribution < -0.4 is 0 Å². The van der Waals surface area contributed by atoms with Gasteiger partial charge in [0.05, 0.1) is 0 Å². The Balaban J connectivity index is 3.74. The van der Waals surface area contributed by atoms with Crippen LogP contribution in [0.3, 0.4) is 0 Å². The first-order chi connectivity index (χ1) is 3.42. The number of hydrogen-bond acceptors (Lipinski definition) is 2. The van der Waals surface area contributed by atoms with E-state index in [4.69, 9.17) is 27.6 Å². The second-order valence-electron chi connectivity index (χ2n) is 1.12. The van der Waals surface area contributed by atoms with Crippen LogP contribution in [0.4, 0.5) is 0 Å². The molecule has 0 aliphatic carbocycles. The second kappa shape index (κ2) is 2.72. The lowest BCUT2D eigenvalue weighted by atomic mass is 10.8. The Hall–Kier alpha value is 0.280. The Kier molecular flexibility index (Phi) is 2.81. The second-order valence-corrected chi connectivity index (χ2v) is 6.37. The predicted octanol–water partition coefficient (Wildman–Crippen LogP) is 1.74. The van der Waals surface area contributed by atoms with Crippen LogP contribution in [0.1, 0.15) is 0 Å². The third-order valence-corrected chi connectivity index (χ3v) is 1.68. The molecule has 0 amide bonds. The van der Waals surface area contributed by atoms with Crippen LogP contribution in [0.2, 0.25) is 0 Å². The quantitative estimate of drug-likeness (QED) is 0.653. The van der Waals surface area contributed by atoms with Gasteiger partial charge in [-0.25, -0.2) is 0 Å². The summed E-state index contributed by atoms with van der Waals surface area (Å²) < 4.78 is 10.2. The van der Waals surface area contributed by atoms with Gasteiger partial charge in [0.25, 0.3) is 5.85 Å². The number of carboxylic acid groups (broad SMARTS) is 1. The van der Waals surface area contributed by atoms with Gasteiger partial charge >= 0.3 is 5.97 Å². The zero-order chi connectivity index (χ0) is 6.78. The number of hydrogen-bond donors (Lipinski definition) is 1.